The van der Waals surface area contributed by atoms with Crippen LogP contribution in [-0.4, -0.2) is 37.1 Å². The number of hydrogen-bond donors (Lipinski definition) is 0. The van der Waals surface area contributed by atoms with Gasteiger partial charge in [0.2, 0.25) is 0 Å². The van der Waals surface area contributed by atoms with Crippen LogP contribution in [-0.2, 0) is 10.1 Å². The summed E-state index contributed by atoms with van der Waals surface area (Å²) < 4.78 is 5.07. The standard InChI is InChI=1S/C14H18BrNO2/c1-18-9-8-16(13-6-7-13)14(17)12-4-2-11(10-15)3-5-12/h2-5,13H,6-10H2,1H3. The van der Waals surface area contributed by atoms with Gasteiger partial charge in [-0.2, -0.15) is 0 Å². The van der Waals surface area contributed by atoms with Gasteiger partial charge in [-0.1, -0.05) is 28.1 Å². The van der Waals surface area contributed by atoms with E-state index in [0.717, 1.165) is 23.7 Å². The van der Waals surface area contributed by atoms with Gasteiger partial charge < -0.3 is 9.64 Å². The largest absolute Gasteiger partial charge is 0.383 e. The molecule has 0 bridgehead atoms. The molecule has 1 aromatic rings. The molecule has 0 N–H and O–H groups in total. The summed E-state index contributed by atoms with van der Waals surface area (Å²) in [6.07, 6.45) is 2.24. The lowest BCUT2D eigenvalue weighted by atomic mass is 10.1. The molecule has 4 heteroatoms. The summed E-state index contributed by atoms with van der Waals surface area (Å²) in [5.74, 6) is 0.121. The van der Waals surface area contributed by atoms with E-state index in [9.17, 15) is 4.79 Å². The number of carbonyl (C=O) groups excluding carboxylic acids is 1. The zero-order chi connectivity index (χ0) is 13.0. The molecule has 0 radical (unpaired) electrons. The van der Waals surface area contributed by atoms with E-state index in [2.05, 4.69) is 15.9 Å². The van der Waals surface area contributed by atoms with Gasteiger partial charge in [0.05, 0.1) is 6.61 Å². The predicted molar refractivity (Wildman–Crippen MR) is 75.0 cm³/mol. The van der Waals surface area contributed by atoms with Crippen molar-refractivity contribution in [3.63, 3.8) is 0 Å². The predicted octanol–water partition coefficient (Wildman–Crippen LogP) is 2.83. The van der Waals surface area contributed by atoms with Crippen molar-refractivity contribution in [2.75, 3.05) is 20.3 Å². The summed E-state index contributed by atoms with van der Waals surface area (Å²) >= 11 is 3.40. The third-order valence-corrected chi connectivity index (χ3v) is 3.79. The first kappa shape index (κ1) is 13.6. The average Bonchev–Trinajstić information content (AvgIpc) is 3.24. The Kier molecular flexibility index (Phi) is 4.78. The third-order valence-electron chi connectivity index (χ3n) is 3.14. The number of benzene rings is 1. The number of rotatable bonds is 6. The summed E-state index contributed by atoms with van der Waals surface area (Å²) in [6, 6.07) is 8.21. The van der Waals surface area contributed by atoms with Crippen molar-refractivity contribution in [3.8, 4) is 0 Å². The molecule has 98 valence electrons. The van der Waals surface area contributed by atoms with Crippen LogP contribution in [0.2, 0.25) is 0 Å². The fourth-order valence-electron chi connectivity index (χ4n) is 1.93. The molecule has 3 nitrogen and oxygen atoms in total. The Morgan fingerprint density at radius 3 is 2.56 bits per heavy atom. The highest BCUT2D eigenvalue weighted by Gasteiger charge is 2.32. The summed E-state index contributed by atoms with van der Waals surface area (Å²) in [5.41, 5.74) is 1.95. The van der Waals surface area contributed by atoms with E-state index >= 15 is 0 Å². The second kappa shape index (κ2) is 6.34. The molecule has 1 aromatic carbocycles. The molecule has 0 unspecified atom stereocenters. The molecule has 0 aromatic heterocycles. The molecule has 0 heterocycles. The molecule has 1 fully saturated rings. The number of carbonyl (C=O) groups is 1. The molecule has 1 saturated carbocycles. The van der Waals surface area contributed by atoms with Crippen LogP contribution in [0.4, 0.5) is 0 Å². The highest BCUT2D eigenvalue weighted by atomic mass is 79.9. The lowest BCUT2D eigenvalue weighted by Gasteiger charge is -2.22. The van der Waals surface area contributed by atoms with Crippen LogP contribution in [0, 0.1) is 0 Å². The normalized spacial score (nSPS) is 14.6. The Morgan fingerprint density at radius 1 is 1.39 bits per heavy atom. The minimum Gasteiger partial charge on any atom is -0.383 e. The van der Waals surface area contributed by atoms with Gasteiger partial charge in [0, 0.05) is 30.6 Å². The minimum absolute atomic E-state index is 0.121. The Bertz CT molecular complexity index is 401. The smallest absolute Gasteiger partial charge is 0.254 e. The first-order chi connectivity index (χ1) is 8.76. The number of ether oxygens (including phenoxy) is 1. The molecule has 2 rings (SSSR count). The van der Waals surface area contributed by atoms with Crippen LogP contribution in [0.1, 0.15) is 28.8 Å². The summed E-state index contributed by atoms with van der Waals surface area (Å²) in [4.78, 5) is 14.3. The molecule has 1 aliphatic carbocycles. The lowest BCUT2D eigenvalue weighted by Crippen LogP contribution is -2.35. The number of hydrogen-bond acceptors (Lipinski definition) is 2. The van der Waals surface area contributed by atoms with Gasteiger partial charge >= 0.3 is 0 Å². The topological polar surface area (TPSA) is 29.5 Å². The summed E-state index contributed by atoms with van der Waals surface area (Å²) in [5, 5.41) is 0.817. The maximum atomic E-state index is 12.4. The number of nitrogens with zero attached hydrogens (tertiary/aromatic N) is 1. The number of halogens is 1. The molecular formula is C14H18BrNO2. The van der Waals surface area contributed by atoms with Crippen molar-refractivity contribution in [1.29, 1.82) is 0 Å². The first-order valence-corrected chi connectivity index (χ1v) is 7.33. The Hall–Kier alpha value is -0.870. The van der Waals surface area contributed by atoms with Crippen molar-refractivity contribution < 1.29 is 9.53 Å². The average molecular weight is 312 g/mol. The Morgan fingerprint density at radius 2 is 2.06 bits per heavy atom. The summed E-state index contributed by atoms with van der Waals surface area (Å²) in [6.45, 7) is 1.28. The van der Waals surface area contributed by atoms with Crippen molar-refractivity contribution >= 4 is 21.8 Å². The third kappa shape index (κ3) is 3.33. The van der Waals surface area contributed by atoms with Crippen LogP contribution < -0.4 is 0 Å². The van der Waals surface area contributed by atoms with E-state index in [0.29, 0.717) is 19.2 Å². The monoisotopic (exact) mass is 311 g/mol. The molecule has 18 heavy (non-hydrogen) atoms. The van der Waals surface area contributed by atoms with Crippen molar-refractivity contribution in [2.45, 2.75) is 24.2 Å². The SMILES string of the molecule is COCCN(C(=O)c1ccc(CBr)cc1)C1CC1. The zero-order valence-corrected chi connectivity index (χ0v) is 12.1. The van der Waals surface area contributed by atoms with Crippen LogP contribution in [0.25, 0.3) is 0 Å². The second-order valence-corrected chi connectivity index (χ2v) is 5.11. The quantitative estimate of drug-likeness (QED) is 0.756. The van der Waals surface area contributed by atoms with E-state index in [1.165, 1.54) is 5.56 Å². The van der Waals surface area contributed by atoms with Gasteiger partial charge in [-0.3, -0.25) is 4.79 Å². The molecule has 0 spiro atoms. The molecule has 1 aliphatic rings. The van der Waals surface area contributed by atoms with Gasteiger partial charge in [0.15, 0.2) is 0 Å². The van der Waals surface area contributed by atoms with Crippen LogP contribution in [0.3, 0.4) is 0 Å². The van der Waals surface area contributed by atoms with E-state index < -0.39 is 0 Å². The number of alkyl halides is 1. The van der Waals surface area contributed by atoms with Crippen molar-refractivity contribution in [2.24, 2.45) is 0 Å². The zero-order valence-electron chi connectivity index (χ0n) is 10.6. The Balaban J connectivity index is 2.06. The maximum absolute atomic E-state index is 12.4. The van der Waals surface area contributed by atoms with E-state index in [1.54, 1.807) is 7.11 Å². The molecule has 0 atom stereocenters. The highest BCUT2D eigenvalue weighted by molar-refractivity contribution is 9.08. The van der Waals surface area contributed by atoms with Gasteiger partial charge in [-0.15, -0.1) is 0 Å². The maximum Gasteiger partial charge on any atom is 0.254 e. The number of amides is 1. The van der Waals surface area contributed by atoms with E-state index in [4.69, 9.17) is 4.74 Å². The van der Waals surface area contributed by atoms with Crippen molar-refractivity contribution in [1.82, 2.24) is 4.90 Å². The molecule has 1 amide bonds. The van der Waals surface area contributed by atoms with Crippen LogP contribution in [0.15, 0.2) is 24.3 Å². The van der Waals surface area contributed by atoms with Gasteiger partial charge in [0.25, 0.3) is 5.91 Å². The van der Waals surface area contributed by atoms with E-state index in [-0.39, 0.29) is 5.91 Å². The molecule has 0 aliphatic heterocycles. The van der Waals surface area contributed by atoms with Crippen LogP contribution >= 0.6 is 15.9 Å². The molecular weight excluding hydrogens is 294 g/mol. The van der Waals surface area contributed by atoms with Gasteiger partial charge in [-0.25, -0.2) is 0 Å². The second-order valence-electron chi connectivity index (χ2n) is 4.55. The van der Waals surface area contributed by atoms with Crippen LogP contribution in [0.5, 0.6) is 0 Å². The number of methoxy groups -OCH3 is 1. The van der Waals surface area contributed by atoms with E-state index in [1.807, 2.05) is 29.2 Å². The van der Waals surface area contributed by atoms with Crippen molar-refractivity contribution in [3.05, 3.63) is 35.4 Å². The minimum atomic E-state index is 0.121. The lowest BCUT2D eigenvalue weighted by molar-refractivity contribution is 0.0680. The fourth-order valence-corrected chi connectivity index (χ4v) is 2.30. The Labute approximate surface area is 116 Å². The fraction of sp³-hybridized carbons (Fsp3) is 0.500. The summed E-state index contributed by atoms with van der Waals surface area (Å²) in [7, 11) is 1.67. The highest BCUT2D eigenvalue weighted by Crippen LogP contribution is 2.28. The van der Waals surface area contributed by atoms with Gasteiger partial charge in [0.1, 0.15) is 0 Å². The molecule has 0 saturated heterocycles. The first-order valence-electron chi connectivity index (χ1n) is 6.21. The van der Waals surface area contributed by atoms with Gasteiger partial charge in [-0.05, 0) is 30.5 Å².